The second-order valence-corrected chi connectivity index (χ2v) is 3.60. The van der Waals surface area contributed by atoms with E-state index >= 15 is 0 Å². The Hall–Kier alpha value is -1.77. The molecule has 0 aliphatic carbocycles. The SMILES string of the molecule is CCCCc1ccc(C=O)c(C=O)c1C=O. The minimum Gasteiger partial charge on any atom is -0.298 e. The van der Waals surface area contributed by atoms with Crippen molar-refractivity contribution in [2.24, 2.45) is 0 Å². The Morgan fingerprint density at radius 1 is 1.00 bits per heavy atom. The van der Waals surface area contributed by atoms with Crippen LogP contribution in [0.1, 0.15) is 56.4 Å². The van der Waals surface area contributed by atoms with E-state index in [-0.39, 0.29) is 11.1 Å². The maximum atomic E-state index is 11.0. The Morgan fingerprint density at radius 2 is 1.69 bits per heavy atom. The predicted octanol–water partition coefficient (Wildman–Crippen LogP) is 2.47. The molecule has 3 nitrogen and oxygen atoms in total. The highest BCUT2D eigenvalue weighted by Gasteiger charge is 2.11. The zero-order valence-corrected chi connectivity index (χ0v) is 9.23. The van der Waals surface area contributed by atoms with Gasteiger partial charge in [0.2, 0.25) is 0 Å². The molecule has 0 bridgehead atoms. The summed E-state index contributed by atoms with van der Waals surface area (Å²) < 4.78 is 0. The summed E-state index contributed by atoms with van der Waals surface area (Å²) in [6, 6.07) is 3.34. The van der Waals surface area contributed by atoms with Crippen molar-refractivity contribution in [1.82, 2.24) is 0 Å². The van der Waals surface area contributed by atoms with Gasteiger partial charge in [-0.2, -0.15) is 0 Å². The molecule has 1 rings (SSSR count). The first kappa shape index (κ1) is 12.3. The molecule has 0 radical (unpaired) electrons. The van der Waals surface area contributed by atoms with Crippen LogP contribution in [0.3, 0.4) is 0 Å². The van der Waals surface area contributed by atoms with Gasteiger partial charge in [0.25, 0.3) is 0 Å². The average molecular weight is 218 g/mol. The monoisotopic (exact) mass is 218 g/mol. The molecule has 3 heteroatoms. The van der Waals surface area contributed by atoms with Crippen LogP contribution < -0.4 is 0 Å². The van der Waals surface area contributed by atoms with Gasteiger partial charge >= 0.3 is 0 Å². The molecule has 0 saturated carbocycles. The number of carbonyl (C=O) groups is 3. The molecule has 16 heavy (non-hydrogen) atoms. The van der Waals surface area contributed by atoms with E-state index in [0.29, 0.717) is 24.4 Å². The fourth-order valence-electron chi connectivity index (χ4n) is 1.66. The quantitative estimate of drug-likeness (QED) is 0.689. The van der Waals surface area contributed by atoms with E-state index in [9.17, 15) is 14.4 Å². The van der Waals surface area contributed by atoms with Crippen LogP contribution >= 0.6 is 0 Å². The van der Waals surface area contributed by atoms with Crippen LogP contribution in [0, 0.1) is 0 Å². The summed E-state index contributed by atoms with van der Waals surface area (Å²) >= 11 is 0. The maximum Gasteiger partial charge on any atom is 0.151 e. The summed E-state index contributed by atoms with van der Waals surface area (Å²) in [7, 11) is 0. The standard InChI is InChI=1S/C13H14O3/c1-2-3-4-10-5-6-11(7-14)13(9-16)12(10)8-15/h5-9H,2-4H2,1H3. The molecule has 1 aromatic carbocycles. The minimum absolute atomic E-state index is 0.207. The van der Waals surface area contributed by atoms with Crippen LogP contribution in [0.25, 0.3) is 0 Å². The Bertz CT molecular complexity index is 408. The van der Waals surface area contributed by atoms with Gasteiger partial charge in [0, 0.05) is 16.7 Å². The third kappa shape index (κ3) is 2.42. The van der Waals surface area contributed by atoms with E-state index < -0.39 is 0 Å². The van der Waals surface area contributed by atoms with Gasteiger partial charge in [-0.05, 0) is 18.4 Å². The minimum atomic E-state index is 0.207. The maximum absolute atomic E-state index is 11.0. The average Bonchev–Trinajstić information content (AvgIpc) is 2.34. The molecule has 1 aromatic rings. The van der Waals surface area contributed by atoms with Crippen LogP contribution in [0.2, 0.25) is 0 Å². The molecule has 0 aliphatic heterocycles. The van der Waals surface area contributed by atoms with Crippen molar-refractivity contribution in [2.45, 2.75) is 26.2 Å². The van der Waals surface area contributed by atoms with Crippen molar-refractivity contribution in [3.05, 3.63) is 34.4 Å². The van der Waals surface area contributed by atoms with E-state index in [1.165, 1.54) is 0 Å². The number of aldehydes is 3. The molecule has 0 aliphatic rings. The summed E-state index contributed by atoms with van der Waals surface area (Å²) in [5.74, 6) is 0. The van der Waals surface area contributed by atoms with Crippen molar-refractivity contribution < 1.29 is 14.4 Å². The number of unbranched alkanes of at least 4 members (excludes halogenated alkanes) is 1. The Kier molecular flexibility index (Phi) is 4.58. The van der Waals surface area contributed by atoms with Crippen molar-refractivity contribution in [3.8, 4) is 0 Å². The molecule has 0 N–H and O–H groups in total. The van der Waals surface area contributed by atoms with Crippen molar-refractivity contribution in [3.63, 3.8) is 0 Å². The highest BCUT2D eigenvalue weighted by molar-refractivity contribution is 5.99. The molecule has 0 unspecified atom stereocenters. The van der Waals surface area contributed by atoms with Crippen LogP contribution in [-0.2, 0) is 6.42 Å². The first-order valence-corrected chi connectivity index (χ1v) is 5.29. The largest absolute Gasteiger partial charge is 0.298 e. The Morgan fingerprint density at radius 3 is 2.19 bits per heavy atom. The van der Waals surface area contributed by atoms with E-state index in [0.717, 1.165) is 24.8 Å². The number of hydrogen-bond donors (Lipinski definition) is 0. The molecule has 0 saturated heterocycles. The van der Waals surface area contributed by atoms with Crippen LogP contribution in [0.4, 0.5) is 0 Å². The summed E-state index contributed by atoms with van der Waals surface area (Å²) in [6.07, 6.45) is 4.55. The smallest absolute Gasteiger partial charge is 0.151 e. The summed E-state index contributed by atoms with van der Waals surface area (Å²) in [5, 5.41) is 0. The van der Waals surface area contributed by atoms with Crippen molar-refractivity contribution in [1.29, 1.82) is 0 Å². The molecular weight excluding hydrogens is 204 g/mol. The molecule has 0 heterocycles. The Balaban J connectivity index is 3.25. The number of hydrogen-bond acceptors (Lipinski definition) is 3. The van der Waals surface area contributed by atoms with Gasteiger partial charge in [-0.15, -0.1) is 0 Å². The summed E-state index contributed by atoms with van der Waals surface area (Å²) in [4.78, 5) is 32.5. The number of rotatable bonds is 6. The zero-order valence-electron chi connectivity index (χ0n) is 9.23. The highest BCUT2D eigenvalue weighted by atomic mass is 16.1. The normalized spacial score (nSPS) is 9.81. The van der Waals surface area contributed by atoms with E-state index in [1.807, 2.05) is 0 Å². The molecule has 0 aromatic heterocycles. The molecule has 0 amide bonds. The van der Waals surface area contributed by atoms with Gasteiger partial charge in [-0.3, -0.25) is 14.4 Å². The molecule has 0 atom stereocenters. The molecular formula is C13H14O3. The highest BCUT2D eigenvalue weighted by Crippen LogP contribution is 2.17. The van der Waals surface area contributed by atoms with Gasteiger partial charge < -0.3 is 0 Å². The third-order valence-electron chi connectivity index (χ3n) is 2.57. The summed E-state index contributed by atoms with van der Waals surface area (Å²) in [6.45, 7) is 2.06. The van der Waals surface area contributed by atoms with Crippen LogP contribution in [0.5, 0.6) is 0 Å². The fourth-order valence-corrected chi connectivity index (χ4v) is 1.66. The predicted molar refractivity (Wildman–Crippen MR) is 61.2 cm³/mol. The van der Waals surface area contributed by atoms with Crippen LogP contribution in [0.15, 0.2) is 12.1 Å². The first-order chi connectivity index (χ1) is 7.78. The first-order valence-electron chi connectivity index (χ1n) is 5.29. The molecule has 84 valence electrons. The topological polar surface area (TPSA) is 51.2 Å². The lowest BCUT2D eigenvalue weighted by molar-refractivity contribution is 0.108. The lowest BCUT2D eigenvalue weighted by Crippen LogP contribution is -2.03. The lowest BCUT2D eigenvalue weighted by Gasteiger charge is -2.08. The van der Waals surface area contributed by atoms with E-state index in [2.05, 4.69) is 6.92 Å². The fraction of sp³-hybridized carbons (Fsp3) is 0.308. The van der Waals surface area contributed by atoms with E-state index in [4.69, 9.17) is 0 Å². The third-order valence-corrected chi connectivity index (χ3v) is 2.57. The number of benzene rings is 1. The van der Waals surface area contributed by atoms with Gasteiger partial charge in [-0.25, -0.2) is 0 Å². The Labute approximate surface area is 94.5 Å². The van der Waals surface area contributed by atoms with Crippen molar-refractivity contribution in [2.75, 3.05) is 0 Å². The molecule has 0 fully saturated rings. The second kappa shape index (κ2) is 5.95. The van der Waals surface area contributed by atoms with Gasteiger partial charge in [0.15, 0.2) is 18.9 Å². The van der Waals surface area contributed by atoms with Gasteiger partial charge in [-0.1, -0.05) is 25.5 Å². The zero-order chi connectivity index (χ0) is 12.0. The van der Waals surface area contributed by atoms with E-state index in [1.54, 1.807) is 12.1 Å². The summed E-state index contributed by atoms with van der Waals surface area (Å²) in [5.41, 5.74) is 1.67. The number of aryl methyl sites for hydroxylation is 1. The van der Waals surface area contributed by atoms with Gasteiger partial charge in [0.05, 0.1) is 0 Å². The molecule has 0 spiro atoms. The van der Waals surface area contributed by atoms with Crippen molar-refractivity contribution >= 4 is 18.9 Å². The van der Waals surface area contributed by atoms with Gasteiger partial charge in [0.1, 0.15) is 0 Å². The number of carbonyl (C=O) groups excluding carboxylic acids is 3. The van der Waals surface area contributed by atoms with Crippen LogP contribution in [-0.4, -0.2) is 18.9 Å². The second-order valence-electron chi connectivity index (χ2n) is 3.60. The lowest BCUT2D eigenvalue weighted by atomic mass is 9.95.